The highest BCUT2D eigenvalue weighted by atomic mass is 35.5. The van der Waals surface area contributed by atoms with Crippen molar-refractivity contribution in [3.8, 4) is 0 Å². The number of rotatable bonds is 6. The number of halogens is 1. The molecule has 1 aromatic carbocycles. The van der Waals surface area contributed by atoms with E-state index in [1.807, 2.05) is 36.5 Å². The van der Waals surface area contributed by atoms with Crippen molar-refractivity contribution >= 4 is 34.7 Å². The molecule has 1 aliphatic rings. The summed E-state index contributed by atoms with van der Waals surface area (Å²) in [5, 5.41) is 3.69. The maximum atomic E-state index is 11.3. The number of aromatic nitrogens is 1. The second-order valence-corrected chi connectivity index (χ2v) is 7.64. The van der Waals surface area contributed by atoms with Crippen molar-refractivity contribution < 1.29 is 4.79 Å². The average Bonchev–Trinajstić information content (AvgIpc) is 2.72. The van der Waals surface area contributed by atoms with E-state index in [2.05, 4.69) is 34.8 Å². The molecular weight excluding hydrogens is 384 g/mol. The molecule has 0 bridgehead atoms. The van der Waals surface area contributed by atoms with Gasteiger partial charge in [0.15, 0.2) is 0 Å². The predicted octanol–water partition coefficient (Wildman–Crippen LogP) is 4.71. The van der Waals surface area contributed by atoms with Gasteiger partial charge < -0.3 is 10.2 Å². The molecule has 0 aliphatic carbocycles. The van der Waals surface area contributed by atoms with Crippen molar-refractivity contribution in [2.45, 2.75) is 39.2 Å². The van der Waals surface area contributed by atoms with Crippen molar-refractivity contribution in [3.63, 3.8) is 0 Å². The summed E-state index contributed by atoms with van der Waals surface area (Å²) in [6.45, 7) is 9.49. The van der Waals surface area contributed by atoms with Crippen LogP contribution in [0.25, 0.3) is 5.70 Å². The normalized spacial score (nSPS) is 15.3. The number of nitrogens with zero attached hydrogens (tertiary/aromatic N) is 3. The van der Waals surface area contributed by atoms with Crippen LogP contribution in [0.15, 0.2) is 54.2 Å². The van der Waals surface area contributed by atoms with Gasteiger partial charge in [0, 0.05) is 48.4 Å². The van der Waals surface area contributed by atoms with Crippen LogP contribution in [0.4, 0.5) is 5.82 Å². The Balaban J connectivity index is 1.83. The van der Waals surface area contributed by atoms with Gasteiger partial charge in [0.05, 0.1) is 11.4 Å². The molecule has 0 saturated carbocycles. The van der Waals surface area contributed by atoms with Crippen LogP contribution in [0.3, 0.4) is 0 Å². The molecule has 6 heteroatoms. The van der Waals surface area contributed by atoms with E-state index in [1.54, 1.807) is 6.92 Å². The second kappa shape index (κ2) is 9.70. The van der Waals surface area contributed by atoms with Gasteiger partial charge in [-0.25, -0.2) is 4.98 Å². The predicted molar refractivity (Wildman–Crippen MR) is 121 cm³/mol. The SMILES string of the molecule is C=C(N=C(CC)c1cccnc1N1CCC(NC(C)=O)CC1)c1cccc(Cl)c1. The number of hydrogen-bond donors (Lipinski definition) is 1. The monoisotopic (exact) mass is 410 g/mol. The highest BCUT2D eigenvalue weighted by Gasteiger charge is 2.23. The Bertz CT molecular complexity index is 917. The summed E-state index contributed by atoms with van der Waals surface area (Å²) in [5.41, 5.74) is 3.56. The van der Waals surface area contributed by atoms with E-state index < -0.39 is 0 Å². The molecule has 1 aliphatic heterocycles. The van der Waals surface area contributed by atoms with Crippen molar-refractivity contribution in [2.75, 3.05) is 18.0 Å². The summed E-state index contributed by atoms with van der Waals surface area (Å²) in [4.78, 5) is 23.1. The lowest BCUT2D eigenvalue weighted by molar-refractivity contribution is -0.119. The summed E-state index contributed by atoms with van der Waals surface area (Å²) < 4.78 is 0. The van der Waals surface area contributed by atoms with Gasteiger partial charge in [0.25, 0.3) is 0 Å². The Labute approximate surface area is 177 Å². The first-order chi connectivity index (χ1) is 14.0. The lowest BCUT2D eigenvalue weighted by Gasteiger charge is -2.34. The molecule has 1 saturated heterocycles. The lowest BCUT2D eigenvalue weighted by Crippen LogP contribution is -2.44. The third-order valence-electron chi connectivity index (χ3n) is 5.06. The first kappa shape index (κ1) is 21.1. The standard InChI is InChI=1S/C23H27ClN4O/c1-4-22(26-16(2)18-7-5-8-19(24)15-18)21-9-6-12-25-23(21)28-13-10-20(11-14-28)27-17(3)29/h5-9,12,15,20H,2,4,10-11,13-14H2,1,3H3,(H,27,29). The van der Waals surface area contributed by atoms with Gasteiger partial charge in [0.2, 0.25) is 5.91 Å². The number of pyridine rings is 1. The van der Waals surface area contributed by atoms with E-state index in [9.17, 15) is 4.79 Å². The fourth-order valence-electron chi connectivity index (χ4n) is 3.62. The summed E-state index contributed by atoms with van der Waals surface area (Å²) in [5.74, 6) is 0.968. The highest BCUT2D eigenvalue weighted by Crippen LogP contribution is 2.26. The van der Waals surface area contributed by atoms with Crippen LogP contribution in [0.1, 0.15) is 44.2 Å². The molecule has 0 atom stereocenters. The molecule has 2 heterocycles. The number of anilines is 1. The molecule has 1 N–H and O–H groups in total. The summed E-state index contributed by atoms with van der Waals surface area (Å²) in [6.07, 6.45) is 4.39. The quantitative estimate of drug-likeness (QED) is 0.701. The zero-order valence-electron chi connectivity index (χ0n) is 17.0. The number of hydrogen-bond acceptors (Lipinski definition) is 4. The van der Waals surface area contributed by atoms with Crippen LogP contribution in [0.5, 0.6) is 0 Å². The van der Waals surface area contributed by atoms with Crippen LogP contribution in [-0.4, -0.2) is 35.7 Å². The van der Waals surface area contributed by atoms with Crippen molar-refractivity contribution in [1.29, 1.82) is 0 Å². The second-order valence-electron chi connectivity index (χ2n) is 7.21. The van der Waals surface area contributed by atoms with E-state index in [0.717, 1.165) is 55.0 Å². The summed E-state index contributed by atoms with van der Waals surface area (Å²) in [6, 6.07) is 11.8. The first-order valence-electron chi connectivity index (χ1n) is 9.97. The average molecular weight is 411 g/mol. The Morgan fingerprint density at radius 1 is 1.31 bits per heavy atom. The maximum Gasteiger partial charge on any atom is 0.217 e. The van der Waals surface area contributed by atoms with Crippen molar-refractivity contribution in [2.24, 2.45) is 4.99 Å². The first-order valence-corrected chi connectivity index (χ1v) is 10.4. The zero-order valence-corrected chi connectivity index (χ0v) is 17.7. The van der Waals surface area contributed by atoms with E-state index in [0.29, 0.717) is 10.7 Å². The molecule has 1 amide bonds. The Morgan fingerprint density at radius 2 is 2.07 bits per heavy atom. The molecule has 0 unspecified atom stereocenters. The number of carbonyl (C=O) groups excluding carboxylic acids is 1. The van der Waals surface area contributed by atoms with Crippen LogP contribution in [0.2, 0.25) is 5.02 Å². The summed E-state index contributed by atoms with van der Waals surface area (Å²) >= 11 is 6.11. The molecule has 1 fully saturated rings. The van der Waals surface area contributed by atoms with E-state index in [-0.39, 0.29) is 11.9 Å². The van der Waals surface area contributed by atoms with Crippen LogP contribution in [0, 0.1) is 0 Å². The number of aliphatic imine (C=N–C) groups is 1. The van der Waals surface area contributed by atoms with Gasteiger partial charge in [-0.05, 0) is 43.5 Å². The van der Waals surface area contributed by atoms with Gasteiger partial charge >= 0.3 is 0 Å². The Hall–Kier alpha value is -2.66. The van der Waals surface area contributed by atoms with E-state index >= 15 is 0 Å². The number of amides is 1. The lowest BCUT2D eigenvalue weighted by atomic mass is 10.0. The number of benzene rings is 1. The molecule has 0 spiro atoms. The zero-order chi connectivity index (χ0) is 20.8. The molecular formula is C23H27ClN4O. The minimum Gasteiger partial charge on any atom is -0.356 e. The van der Waals surface area contributed by atoms with Gasteiger partial charge in [0.1, 0.15) is 5.82 Å². The fraction of sp³-hybridized carbons (Fsp3) is 0.348. The Kier molecular flexibility index (Phi) is 7.04. The molecule has 152 valence electrons. The van der Waals surface area contributed by atoms with Gasteiger partial charge in [-0.3, -0.25) is 9.79 Å². The summed E-state index contributed by atoms with van der Waals surface area (Å²) in [7, 11) is 0. The largest absolute Gasteiger partial charge is 0.356 e. The highest BCUT2D eigenvalue weighted by molar-refractivity contribution is 6.30. The van der Waals surface area contributed by atoms with Crippen LogP contribution in [-0.2, 0) is 4.79 Å². The smallest absolute Gasteiger partial charge is 0.217 e. The van der Waals surface area contributed by atoms with Gasteiger partial charge in [-0.2, -0.15) is 0 Å². The number of piperidine rings is 1. The minimum absolute atomic E-state index is 0.0295. The van der Waals surface area contributed by atoms with Crippen molar-refractivity contribution in [3.05, 3.63) is 65.3 Å². The molecule has 1 aromatic heterocycles. The molecule has 3 rings (SSSR count). The van der Waals surface area contributed by atoms with E-state index in [1.165, 1.54) is 0 Å². The third kappa shape index (κ3) is 5.45. The third-order valence-corrected chi connectivity index (χ3v) is 5.30. The van der Waals surface area contributed by atoms with Gasteiger partial charge in [-0.15, -0.1) is 0 Å². The van der Waals surface area contributed by atoms with E-state index in [4.69, 9.17) is 16.6 Å². The molecule has 0 radical (unpaired) electrons. The fourth-order valence-corrected chi connectivity index (χ4v) is 3.81. The number of nitrogens with one attached hydrogen (secondary N) is 1. The minimum atomic E-state index is 0.0295. The maximum absolute atomic E-state index is 11.3. The van der Waals surface area contributed by atoms with Crippen molar-refractivity contribution in [1.82, 2.24) is 10.3 Å². The van der Waals surface area contributed by atoms with Gasteiger partial charge in [-0.1, -0.05) is 37.2 Å². The number of carbonyl (C=O) groups is 1. The molecule has 29 heavy (non-hydrogen) atoms. The molecule has 2 aromatic rings. The molecule has 5 nitrogen and oxygen atoms in total. The Morgan fingerprint density at radius 3 is 2.72 bits per heavy atom. The van der Waals surface area contributed by atoms with Crippen LogP contribution < -0.4 is 10.2 Å². The topological polar surface area (TPSA) is 57.6 Å². The van der Waals surface area contributed by atoms with Crippen LogP contribution >= 0.6 is 11.6 Å².